The maximum atomic E-state index is 14.0. The normalized spacial score (nSPS) is 13.8. The number of carbonyl (C=O) groups excluding carboxylic acids is 1. The molecule has 6 nitrogen and oxygen atoms in total. The Hall–Kier alpha value is -2.53. The van der Waals surface area contributed by atoms with E-state index in [0.29, 0.717) is 36.9 Å². The first-order valence-corrected chi connectivity index (χ1v) is 12.1. The molecule has 2 heterocycles. The fourth-order valence-corrected chi connectivity index (χ4v) is 5.18. The zero-order valence-electron chi connectivity index (χ0n) is 18.3. The fraction of sp³-hybridized carbons (Fsp3) is 0.304. The fourth-order valence-electron chi connectivity index (χ4n) is 3.71. The van der Waals surface area contributed by atoms with E-state index in [0.717, 1.165) is 39.7 Å². The molecule has 0 spiro atoms. The number of nitrogens with two attached hydrogens (primary N) is 1. The molecule has 4 rings (SSSR count). The first-order valence-electron chi connectivity index (χ1n) is 10.4. The summed E-state index contributed by atoms with van der Waals surface area (Å²) in [5.41, 5.74) is 2.56. The van der Waals surface area contributed by atoms with Gasteiger partial charge < -0.3 is 9.64 Å². The Labute approximate surface area is 199 Å². The van der Waals surface area contributed by atoms with Crippen LogP contribution in [0.4, 0.5) is 19.6 Å². The van der Waals surface area contributed by atoms with Crippen LogP contribution in [0.15, 0.2) is 46.7 Å². The summed E-state index contributed by atoms with van der Waals surface area (Å²) in [7, 11) is 1.60. The van der Waals surface area contributed by atoms with Gasteiger partial charge in [0.05, 0.1) is 29.0 Å². The number of anilines is 2. The number of ether oxygens (including phenoxy) is 1. The summed E-state index contributed by atoms with van der Waals surface area (Å²) in [5, 5.41) is 6.32. The van der Waals surface area contributed by atoms with Gasteiger partial charge in [0.25, 0.3) is 0 Å². The van der Waals surface area contributed by atoms with Crippen molar-refractivity contribution in [1.82, 2.24) is 4.98 Å². The molecule has 2 N–H and O–H groups in total. The number of hydrogen-bond donors (Lipinski definition) is 1. The van der Waals surface area contributed by atoms with E-state index in [1.807, 2.05) is 19.1 Å². The molecule has 0 radical (unpaired) electrons. The van der Waals surface area contributed by atoms with Crippen LogP contribution in [0.3, 0.4) is 0 Å². The van der Waals surface area contributed by atoms with Crippen LogP contribution in [0.2, 0.25) is 0 Å². The summed E-state index contributed by atoms with van der Waals surface area (Å²) in [6.07, 6.45) is 0. The first kappa shape index (κ1) is 23.6. The van der Waals surface area contributed by atoms with Crippen LogP contribution in [0.5, 0.6) is 0 Å². The van der Waals surface area contributed by atoms with Gasteiger partial charge in [0, 0.05) is 31.5 Å². The van der Waals surface area contributed by atoms with Gasteiger partial charge in [-0.1, -0.05) is 23.5 Å². The molecule has 0 unspecified atom stereocenters. The van der Waals surface area contributed by atoms with Crippen molar-refractivity contribution in [2.75, 3.05) is 43.2 Å². The quantitative estimate of drug-likeness (QED) is 0.470. The third-order valence-corrected chi connectivity index (χ3v) is 7.59. The second-order valence-corrected chi connectivity index (χ2v) is 9.62. The van der Waals surface area contributed by atoms with Crippen LogP contribution in [0.25, 0.3) is 11.1 Å². The number of methoxy groups -OCH3 is 1. The van der Waals surface area contributed by atoms with E-state index < -0.39 is 11.6 Å². The average Bonchev–Trinajstić information content (AvgIpc) is 3.15. The van der Waals surface area contributed by atoms with Crippen molar-refractivity contribution in [3.63, 3.8) is 0 Å². The highest BCUT2D eigenvalue weighted by molar-refractivity contribution is 7.99. The minimum Gasteiger partial charge on any atom is -0.383 e. The highest BCUT2D eigenvalue weighted by Gasteiger charge is 2.37. The van der Waals surface area contributed by atoms with Crippen LogP contribution in [-0.4, -0.2) is 44.2 Å². The molecular weight excluding hydrogens is 466 g/mol. The zero-order valence-corrected chi connectivity index (χ0v) is 19.9. The monoisotopic (exact) mass is 490 g/mol. The Morgan fingerprint density at radius 1 is 1.27 bits per heavy atom. The summed E-state index contributed by atoms with van der Waals surface area (Å²) in [6.45, 7) is 3.83. The number of aryl methyl sites for hydroxylation is 1. The summed E-state index contributed by atoms with van der Waals surface area (Å²) < 4.78 is 33.6. The van der Waals surface area contributed by atoms with Crippen LogP contribution in [0, 0.1) is 24.5 Å². The standard InChI is InChI=1S/C23H24F2N4O2S2/c1-14-22(33-26)32-23(27-14)29(9-10-31-2)21(30)16-12-28(13-16)18-6-3-15(4-7-18)19-11-17(24)5-8-20(19)25/h3-8,11,16H,9-10,12-13,26H2,1-2H3. The highest BCUT2D eigenvalue weighted by atomic mass is 32.2. The Kier molecular flexibility index (Phi) is 7.28. The van der Waals surface area contributed by atoms with E-state index in [4.69, 9.17) is 9.88 Å². The summed E-state index contributed by atoms with van der Waals surface area (Å²) >= 11 is 2.53. The number of thiazole rings is 1. The van der Waals surface area contributed by atoms with Crippen LogP contribution in [-0.2, 0) is 9.53 Å². The van der Waals surface area contributed by atoms with Gasteiger partial charge in [-0.05, 0) is 54.8 Å². The molecule has 0 bridgehead atoms. The molecule has 174 valence electrons. The van der Waals surface area contributed by atoms with Crippen molar-refractivity contribution >= 4 is 40.0 Å². The molecule has 1 saturated heterocycles. The topological polar surface area (TPSA) is 71.7 Å². The molecule has 1 amide bonds. The third kappa shape index (κ3) is 5.03. The predicted molar refractivity (Wildman–Crippen MR) is 129 cm³/mol. The van der Waals surface area contributed by atoms with Gasteiger partial charge >= 0.3 is 0 Å². The molecular formula is C23H24F2N4O2S2. The molecule has 3 aromatic rings. The molecule has 1 aromatic heterocycles. The lowest BCUT2D eigenvalue weighted by atomic mass is 9.96. The number of rotatable bonds is 8. The Balaban J connectivity index is 1.43. The molecule has 1 fully saturated rings. The largest absolute Gasteiger partial charge is 0.383 e. The summed E-state index contributed by atoms with van der Waals surface area (Å²) in [4.78, 5) is 21.5. The number of aromatic nitrogens is 1. The van der Waals surface area contributed by atoms with E-state index in [9.17, 15) is 13.6 Å². The van der Waals surface area contributed by atoms with Gasteiger partial charge in [-0.15, -0.1) is 0 Å². The van der Waals surface area contributed by atoms with Crippen molar-refractivity contribution in [1.29, 1.82) is 0 Å². The maximum absolute atomic E-state index is 14.0. The number of hydrogen-bond acceptors (Lipinski definition) is 7. The van der Waals surface area contributed by atoms with Crippen molar-refractivity contribution in [2.24, 2.45) is 11.1 Å². The minimum absolute atomic E-state index is 0.00377. The SMILES string of the molecule is COCCN(C(=O)C1CN(c2ccc(-c3cc(F)ccc3F)cc2)C1)c1nc(C)c(SN)s1. The van der Waals surface area contributed by atoms with E-state index in [-0.39, 0.29) is 17.4 Å². The van der Waals surface area contributed by atoms with Crippen molar-refractivity contribution < 1.29 is 18.3 Å². The van der Waals surface area contributed by atoms with E-state index in [1.165, 1.54) is 17.4 Å². The second kappa shape index (κ2) is 10.2. The molecule has 10 heteroatoms. The lowest BCUT2D eigenvalue weighted by Gasteiger charge is -2.41. The molecule has 1 aliphatic heterocycles. The third-order valence-electron chi connectivity index (χ3n) is 5.57. The average molecular weight is 491 g/mol. The van der Waals surface area contributed by atoms with Crippen LogP contribution in [0.1, 0.15) is 5.69 Å². The Morgan fingerprint density at radius 2 is 2.00 bits per heavy atom. The lowest BCUT2D eigenvalue weighted by molar-refractivity contribution is -0.123. The molecule has 0 aliphatic carbocycles. The molecule has 2 aromatic carbocycles. The van der Waals surface area contributed by atoms with Crippen molar-refractivity contribution in [3.8, 4) is 11.1 Å². The van der Waals surface area contributed by atoms with Gasteiger partial charge in [-0.3, -0.25) is 14.8 Å². The predicted octanol–water partition coefficient (Wildman–Crippen LogP) is 4.48. The summed E-state index contributed by atoms with van der Waals surface area (Å²) in [6, 6.07) is 10.7. The van der Waals surface area contributed by atoms with E-state index in [1.54, 1.807) is 24.1 Å². The van der Waals surface area contributed by atoms with Crippen molar-refractivity contribution in [2.45, 2.75) is 11.1 Å². The van der Waals surface area contributed by atoms with Gasteiger partial charge in [0.2, 0.25) is 5.91 Å². The number of nitrogens with zero attached hydrogens (tertiary/aromatic N) is 3. The van der Waals surface area contributed by atoms with Crippen LogP contribution < -0.4 is 14.9 Å². The Bertz CT molecular complexity index is 1130. The zero-order chi connectivity index (χ0) is 23.5. The van der Waals surface area contributed by atoms with Gasteiger partial charge in [-0.25, -0.2) is 13.8 Å². The molecule has 0 saturated carbocycles. The lowest BCUT2D eigenvalue weighted by Crippen LogP contribution is -2.55. The molecule has 0 atom stereocenters. The Morgan fingerprint density at radius 3 is 2.64 bits per heavy atom. The number of benzene rings is 2. The minimum atomic E-state index is -0.481. The van der Waals surface area contributed by atoms with Gasteiger partial charge in [0.1, 0.15) is 11.6 Å². The van der Waals surface area contributed by atoms with Crippen LogP contribution >= 0.6 is 23.3 Å². The second-order valence-electron chi connectivity index (χ2n) is 7.74. The number of amides is 1. The van der Waals surface area contributed by atoms with Gasteiger partial charge in [0.15, 0.2) is 5.13 Å². The van der Waals surface area contributed by atoms with E-state index in [2.05, 4.69) is 9.88 Å². The maximum Gasteiger partial charge on any atom is 0.235 e. The first-order chi connectivity index (χ1) is 15.9. The van der Waals surface area contributed by atoms with Gasteiger partial charge in [-0.2, -0.15) is 0 Å². The van der Waals surface area contributed by atoms with E-state index >= 15 is 0 Å². The number of halogens is 2. The van der Waals surface area contributed by atoms with Crippen molar-refractivity contribution in [3.05, 3.63) is 59.8 Å². The number of carbonyl (C=O) groups is 1. The smallest absolute Gasteiger partial charge is 0.235 e. The molecule has 1 aliphatic rings. The summed E-state index contributed by atoms with van der Waals surface area (Å²) in [5.74, 6) is -1.11. The highest BCUT2D eigenvalue weighted by Crippen LogP contribution is 2.34. The molecule has 33 heavy (non-hydrogen) atoms.